The molecule has 3 aromatic rings. The van der Waals surface area contributed by atoms with Crippen LogP contribution in [0, 0.1) is 5.82 Å². The van der Waals surface area contributed by atoms with Crippen LogP contribution >= 0.6 is 11.6 Å². The van der Waals surface area contributed by atoms with Crippen molar-refractivity contribution in [1.82, 2.24) is 14.5 Å². The van der Waals surface area contributed by atoms with E-state index in [1.54, 1.807) is 20.8 Å². The minimum Gasteiger partial charge on any atom is -0.459 e. The molecule has 2 aliphatic rings. The Labute approximate surface area is 213 Å². The van der Waals surface area contributed by atoms with E-state index in [4.69, 9.17) is 21.3 Å². The lowest BCUT2D eigenvalue weighted by atomic mass is 10.1. The Morgan fingerprint density at radius 1 is 1.19 bits per heavy atom. The summed E-state index contributed by atoms with van der Waals surface area (Å²) in [5.74, 6) is -0.927. The van der Waals surface area contributed by atoms with Crippen molar-refractivity contribution in [2.45, 2.75) is 45.4 Å². The van der Waals surface area contributed by atoms with Crippen LogP contribution in [0.5, 0.6) is 0 Å². The second-order valence-electron chi connectivity index (χ2n) is 10.2. The van der Waals surface area contributed by atoms with Gasteiger partial charge in [-0.25, -0.2) is 9.37 Å². The van der Waals surface area contributed by atoms with Gasteiger partial charge in [0, 0.05) is 36.9 Å². The summed E-state index contributed by atoms with van der Waals surface area (Å²) in [6, 6.07) is 10.2. The summed E-state index contributed by atoms with van der Waals surface area (Å²) in [5.41, 5.74) is 0.770. The summed E-state index contributed by atoms with van der Waals surface area (Å²) >= 11 is 6.02. The molecule has 5 rings (SSSR count). The normalized spacial score (nSPS) is 17.5. The van der Waals surface area contributed by atoms with Crippen LogP contribution in [0.25, 0.3) is 22.3 Å². The number of carbonyl (C=O) groups is 1. The number of fused-ring (bicyclic) bond motifs is 2. The van der Waals surface area contributed by atoms with Gasteiger partial charge in [0.25, 0.3) is 5.56 Å². The maximum atomic E-state index is 13.8. The second-order valence-corrected chi connectivity index (χ2v) is 10.6. The predicted octanol–water partition coefficient (Wildman–Crippen LogP) is 4.61. The molecule has 1 aromatic heterocycles. The van der Waals surface area contributed by atoms with Crippen LogP contribution in [0.4, 0.5) is 10.1 Å². The zero-order valence-corrected chi connectivity index (χ0v) is 21.3. The average molecular weight is 511 g/mol. The van der Waals surface area contributed by atoms with Gasteiger partial charge < -0.3 is 14.5 Å². The lowest BCUT2D eigenvalue weighted by molar-refractivity contribution is -0.155. The van der Waals surface area contributed by atoms with Gasteiger partial charge in [0.2, 0.25) is 0 Å². The lowest BCUT2D eigenvalue weighted by Gasteiger charge is -2.39. The zero-order chi connectivity index (χ0) is 25.6. The second kappa shape index (κ2) is 9.24. The first-order valence-corrected chi connectivity index (χ1v) is 12.4. The molecule has 2 aliphatic heterocycles. The highest BCUT2D eigenvalue weighted by molar-refractivity contribution is 6.31. The molecule has 188 valence electrons. The van der Waals surface area contributed by atoms with Gasteiger partial charge >= 0.3 is 5.97 Å². The minimum atomic E-state index is -0.714. The minimum absolute atomic E-state index is 0.0958. The molecule has 7 nitrogen and oxygen atoms in total. The van der Waals surface area contributed by atoms with Gasteiger partial charge in [0.05, 0.1) is 15.9 Å². The number of piperazine rings is 1. The van der Waals surface area contributed by atoms with Crippen molar-refractivity contribution in [3.05, 3.63) is 69.9 Å². The van der Waals surface area contributed by atoms with Crippen LogP contribution < -0.4 is 10.5 Å². The smallest absolute Gasteiger partial charge is 0.326 e. The Morgan fingerprint density at radius 3 is 2.75 bits per heavy atom. The van der Waals surface area contributed by atoms with Gasteiger partial charge in [-0.15, -0.1) is 0 Å². The topological polar surface area (TPSA) is 67.7 Å². The Balaban J connectivity index is 1.58. The Bertz CT molecular complexity index is 1430. The molecule has 0 spiro atoms. The highest BCUT2D eigenvalue weighted by atomic mass is 35.5. The molecule has 1 saturated heterocycles. The molecule has 1 atom stereocenters. The monoisotopic (exact) mass is 510 g/mol. The molecule has 9 heteroatoms. The van der Waals surface area contributed by atoms with Gasteiger partial charge in [-0.05, 0) is 69.8 Å². The molecule has 2 aromatic carbocycles. The number of aromatic nitrogens is 2. The molecule has 0 amide bonds. The molecular weight excluding hydrogens is 483 g/mol. The fraction of sp³-hybridized carbons (Fsp3) is 0.370. The molecule has 3 heterocycles. The van der Waals surface area contributed by atoms with Crippen LogP contribution in [-0.4, -0.2) is 51.7 Å². The van der Waals surface area contributed by atoms with Gasteiger partial charge in [-0.1, -0.05) is 17.7 Å². The third kappa shape index (κ3) is 4.82. The number of esters is 1. The van der Waals surface area contributed by atoms with E-state index >= 15 is 0 Å². The van der Waals surface area contributed by atoms with Crippen molar-refractivity contribution in [3.63, 3.8) is 0 Å². The van der Waals surface area contributed by atoms with Gasteiger partial charge in [0.1, 0.15) is 23.8 Å². The summed E-state index contributed by atoms with van der Waals surface area (Å²) < 4.78 is 20.6. The van der Waals surface area contributed by atoms with E-state index in [1.165, 1.54) is 22.8 Å². The summed E-state index contributed by atoms with van der Waals surface area (Å²) in [4.78, 5) is 35.8. The molecular formula is C27H28ClFN4O3. The summed E-state index contributed by atoms with van der Waals surface area (Å²) in [6.07, 6.45) is 5.36. The fourth-order valence-electron chi connectivity index (χ4n) is 4.77. The van der Waals surface area contributed by atoms with E-state index in [-0.39, 0.29) is 23.0 Å². The van der Waals surface area contributed by atoms with Crippen LogP contribution in [0.2, 0.25) is 5.02 Å². The van der Waals surface area contributed by atoms with Crippen molar-refractivity contribution >= 4 is 34.2 Å². The van der Waals surface area contributed by atoms with Crippen LogP contribution in [0.15, 0.2) is 53.5 Å². The molecule has 0 radical (unpaired) electrons. The number of nitrogens with zero attached hydrogens (tertiary/aromatic N) is 4. The van der Waals surface area contributed by atoms with E-state index in [2.05, 4.69) is 22.1 Å². The summed E-state index contributed by atoms with van der Waals surface area (Å²) in [5, 5.41) is 0.307. The number of halogens is 2. The van der Waals surface area contributed by atoms with Gasteiger partial charge in [-0.2, -0.15) is 0 Å². The number of anilines is 1. The molecule has 0 N–H and O–H groups in total. The number of carbonyl (C=O) groups excluding carboxylic acids is 1. The quantitative estimate of drug-likeness (QED) is 0.478. The van der Waals surface area contributed by atoms with Crippen molar-refractivity contribution in [3.8, 4) is 11.4 Å². The maximum Gasteiger partial charge on any atom is 0.326 e. The van der Waals surface area contributed by atoms with Gasteiger partial charge in [0.15, 0.2) is 0 Å². The number of ether oxygens (including phenoxy) is 1. The van der Waals surface area contributed by atoms with E-state index in [9.17, 15) is 14.0 Å². The first-order chi connectivity index (χ1) is 17.1. The summed E-state index contributed by atoms with van der Waals surface area (Å²) in [6.45, 7) is 7.59. The van der Waals surface area contributed by atoms with E-state index in [1.807, 2.05) is 18.2 Å². The third-order valence-corrected chi connectivity index (χ3v) is 6.71. The number of benzene rings is 2. The molecule has 1 unspecified atom stereocenters. The van der Waals surface area contributed by atoms with E-state index < -0.39 is 17.4 Å². The maximum absolute atomic E-state index is 13.8. The molecule has 0 saturated carbocycles. The molecule has 1 fully saturated rings. The number of hydrogen-bond acceptors (Lipinski definition) is 6. The summed E-state index contributed by atoms with van der Waals surface area (Å²) in [7, 11) is 0. The standard InChI is InChI=1S/C27H28ClFN4O3/c1-27(2,3)36-24(34)16-33-25(17-6-8-22(29)21(28)13-17)30-23-9-7-18(14-20(23)26(33)35)32-12-11-31-10-4-5-19(31)15-32/h4,6-10,13-14,19H,5,11-12,15-16H2,1-3H3. The zero-order valence-electron chi connectivity index (χ0n) is 20.5. The first kappa shape index (κ1) is 24.3. The third-order valence-electron chi connectivity index (χ3n) is 6.42. The highest BCUT2D eigenvalue weighted by Crippen LogP contribution is 2.28. The highest BCUT2D eigenvalue weighted by Gasteiger charge is 2.28. The Morgan fingerprint density at radius 2 is 2.00 bits per heavy atom. The van der Waals surface area contributed by atoms with Crippen molar-refractivity contribution in [1.29, 1.82) is 0 Å². The van der Waals surface area contributed by atoms with Crippen molar-refractivity contribution < 1.29 is 13.9 Å². The van der Waals surface area contributed by atoms with Gasteiger partial charge in [-0.3, -0.25) is 14.2 Å². The number of hydrogen-bond donors (Lipinski definition) is 0. The van der Waals surface area contributed by atoms with Crippen LogP contribution in [0.1, 0.15) is 27.2 Å². The van der Waals surface area contributed by atoms with Crippen LogP contribution in [0.3, 0.4) is 0 Å². The van der Waals surface area contributed by atoms with Crippen LogP contribution in [-0.2, 0) is 16.1 Å². The Kier molecular flexibility index (Phi) is 6.24. The predicted molar refractivity (Wildman–Crippen MR) is 139 cm³/mol. The number of rotatable bonds is 4. The first-order valence-electron chi connectivity index (χ1n) is 12.0. The average Bonchev–Trinajstić information content (AvgIpc) is 3.29. The lowest BCUT2D eigenvalue weighted by Crippen LogP contribution is -2.49. The van der Waals surface area contributed by atoms with Crippen molar-refractivity contribution in [2.24, 2.45) is 0 Å². The van der Waals surface area contributed by atoms with E-state index in [0.717, 1.165) is 31.7 Å². The SMILES string of the molecule is CC(C)(C)OC(=O)Cn1c(-c2ccc(F)c(Cl)c2)nc2ccc(N3CCN4C=CCC4C3)cc2c1=O. The fourth-order valence-corrected chi connectivity index (χ4v) is 4.95. The molecule has 36 heavy (non-hydrogen) atoms. The Hall–Kier alpha value is -3.39. The largest absolute Gasteiger partial charge is 0.459 e. The van der Waals surface area contributed by atoms with E-state index in [0.29, 0.717) is 22.5 Å². The molecule has 0 aliphatic carbocycles. The molecule has 0 bridgehead atoms. The van der Waals surface area contributed by atoms with Crippen molar-refractivity contribution in [2.75, 3.05) is 24.5 Å².